The highest BCUT2D eigenvalue weighted by atomic mass is 16.3. The molecule has 1 saturated carbocycles. The Hall–Kier alpha value is -0.560. The molecule has 90 valence electrons. The molecule has 2 unspecified atom stereocenters. The van der Waals surface area contributed by atoms with Crippen molar-refractivity contribution in [3.05, 3.63) is 22.8 Å². The third kappa shape index (κ3) is 1.86. The lowest BCUT2D eigenvalue weighted by molar-refractivity contribution is 0.104. The summed E-state index contributed by atoms with van der Waals surface area (Å²) in [4.78, 5) is 0. The Balaban J connectivity index is 2.41. The van der Waals surface area contributed by atoms with Crippen LogP contribution in [0.2, 0.25) is 0 Å². The van der Waals surface area contributed by atoms with Gasteiger partial charge in [0.15, 0.2) is 0 Å². The molecular weight excluding hydrogens is 196 g/mol. The second-order valence-electron chi connectivity index (χ2n) is 5.86. The minimum atomic E-state index is 0.136. The number of fused-ring (bicyclic) bond motifs is 1. The Bertz CT molecular complexity index is 333. The summed E-state index contributed by atoms with van der Waals surface area (Å²) in [6.45, 7) is 7.07. The summed E-state index contributed by atoms with van der Waals surface area (Å²) in [5, 5.41) is 9.76. The summed E-state index contributed by atoms with van der Waals surface area (Å²) >= 11 is 0. The second-order valence-corrected chi connectivity index (χ2v) is 5.86. The van der Waals surface area contributed by atoms with Crippen LogP contribution in [0.25, 0.3) is 0 Å². The van der Waals surface area contributed by atoms with Gasteiger partial charge in [-0.15, -0.1) is 0 Å². The molecule has 1 N–H and O–H groups in total. The fourth-order valence-corrected chi connectivity index (χ4v) is 3.41. The summed E-state index contributed by atoms with van der Waals surface area (Å²) in [7, 11) is 0. The van der Waals surface area contributed by atoms with Crippen LogP contribution in [0, 0.1) is 11.3 Å². The Kier molecular flexibility index (Phi) is 3.25. The van der Waals surface area contributed by atoms with Crippen molar-refractivity contribution < 1.29 is 5.11 Å². The average Bonchev–Trinajstić information content (AvgIpc) is 2.29. The number of rotatable bonds is 1. The Morgan fingerprint density at radius 3 is 2.81 bits per heavy atom. The van der Waals surface area contributed by atoms with E-state index in [1.54, 1.807) is 0 Å². The van der Waals surface area contributed by atoms with E-state index in [1.165, 1.54) is 36.0 Å². The van der Waals surface area contributed by atoms with Gasteiger partial charge in [0.25, 0.3) is 0 Å². The number of hydrogen-bond acceptors (Lipinski definition) is 1. The van der Waals surface area contributed by atoms with Crippen LogP contribution < -0.4 is 0 Å². The van der Waals surface area contributed by atoms with Gasteiger partial charge in [-0.1, -0.05) is 30.6 Å². The first-order valence-corrected chi connectivity index (χ1v) is 6.58. The van der Waals surface area contributed by atoms with E-state index in [1.807, 2.05) is 0 Å². The molecule has 16 heavy (non-hydrogen) atoms. The molecule has 0 heterocycles. The van der Waals surface area contributed by atoms with Crippen molar-refractivity contribution in [3.8, 4) is 0 Å². The van der Waals surface area contributed by atoms with Gasteiger partial charge in [-0.2, -0.15) is 0 Å². The molecule has 0 spiro atoms. The maximum absolute atomic E-state index is 9.76. The van der Waals surface area contributed by atoms with Gasteiger partial charge in [0.1, 0.15) is 0 Å². The minimum absolute atomic E-state index is 0.136. The number of allylic oxidation sites excluding steroid dienone is 3. The van der Waals surface area contributed by atoms with Crippen LogP contribution in [0.5, 0.6) is 0 Å². The maximum Gasteiger partial charge on any atom is 0.0525 e. The van der Waals surface area contributed by atoms with Crippen LogP contribution in [0.15, 0.2) is 22.8 Å². The standard InChI is InChI=1S/C15H24O/c1-11(2)13-6-8-15(10-16)7-4-5-12(3)14(15)9-13/h9,12,16H,4-8,10H2,1-3H3. The van der Waals surface area contributed by atoms with Gasteiger partial charge in [-0.05, 0) is 51.0 Å². The lowest BCUT2D eigenvalue weighted by Crippen LogP contribution is -2.36. The van der Waals surface area contributed by atoms with Gasteiger partial charge in [0, 0.05) is 5.41 Å². The molecule has 0 aromatic rings. The summed E-state index contributed by atoms with van der Waals surface area (Å²) in [6, 6.07) is 0. The van der Waals surface area contributed by atoms with Gasteiger partial charge in [0.05, 0.1) is 6.61 Å². The predicted molar refractivity (Wildman–Crippen MR) is 68.2 cm³/mol. The molecular formula is C15H24O. The SMILES string of the molecule is CC(C)=C1C=C2C(C)CCCC2(CO)CC1. The van der Waals surface area contributed by atoms with E-state index in [0.29, 0.717) is 12.5 Å². The number of aliphatic hydroxyl groups excluding tert-OH is 1. The number of aliphatic hydroxyl groups is 1. The van der Waals surface area contributed by atoms with Gasteiger partial charge >= 0.3 is 0 Å². The lowest BCUT2D eigenvalue weighted by Gasteiger charge is -2.45. The molecule has 0 radical (unpaired) electrons. The second kappa shape index (κ2) is 4.37. The van der Waals surface area contributed by atoms with Crippen LogP contribution in [0.3, 0.4) is 0 Å². The van der Waals surface area contributed by atoms with Crippen LogP contribution in [-0.2, 0) is 0 Å². The van der Waals surface area contributed by atoms with Crippen molar-refractivity contribution in [2.24, 2.45) is 11.3 Å². The largest absolute Gasteiger partial charge is 0.395 e. The van der Waals surface area contributed by atoms with Crippen molar-refractivity contribution in [2.45, 2.75) is 52.9 Å². The van der Waals surface area contributed by atoms with Gasteiger partial charge in [-0.3, -0.25) is 0 Å². The van der Waals surface area contributed by atoms with E-state index < -0.39 is 0 Å². The molecule has 2 atom stereocenters. The fourth-order valence-electron chi connectivity index (χ4n) is 3.41. The first-order valence-electron chi connectivity index (χ1n) is 6.58. The first-order chi connectivity index (χ1) is 7.59. The van der Waals surface area contributed by atoms with E-state index in [4.69, 9.17) is 0 Å². The molecule has 1 fully saturated rings. The van der Waals surface area contributed by atoms with Crippen molar-refractivity contribution in [1.29, 1.82) is 0 Å². The lowest BCUT2D eigenvalue weighted by atomic mass is 9.61. The third-order valence-electron chi connectivity index (χ3n) is 4.58. The van der Waals surface area contributed by atoms with E-state index in [9.17, 15) is 5.11 Å². The van der Waals surface area contributed by atoms with Crippen LogP contribution in [0.1, 0.15) is 52.9 Å². The molecule has 0 aromatic carbocycles. The molecule has 0 aromatic heterocycles. The number of hydrogen-bond donors (Lipinski definition) is 1. The summed E-state index contributed by atoms with van der Waals surface area (Å²) < 4.78 is 0. The van der Waals surface area contributed by atoms with E-state index in [0.717, 1.165) is 12.8 Å². The van der Waals surface area contributed by atoms with Gasteiger partial charge < -0.3 is 5.11 Å². The summed E-state index contributed by atoms with van der Waals surface area (Å²) in [6.07, 6.45) is 8.47. The minimum Gasteiger partial charge on any atom is -0.395 e. The Morgan fingerprint density at radius 2 is 2.19 bits per heavy atom. The highest BCUT2D eigenvalue weighted by Crippen LogP contribution is 2.50. The molecule has 2 rings (SSSR count). The van der Waals surface area contributed by atoms with Crippen LogP contribution in [0.4, 0.5) is 0 Å². The Labute approximate surface area is 99.3 Å². The van der Waals surface area contributed by atoms with Gasteiger partial charge in [-0.25, -0.2) is 0 Å². The topological polar surface area (TPSA) is 20.2 Å². The smallest absolute Gasteiger partial charge is 0.0525 e. The van der Waals surface area contributed by atoms with Gasteiger partial charge in [0.2, 0.25) is 0 Å². The highest BCUT2D eigenvalue weighted by Gasteiger charge is 2.40. The summed E-state index contributed by atoms with van der Waals surface area (Å²) in [5.74, 6) is 0.663. The zero-order chi connectivity index (χ0) is 11.8. The van der Waals surface area contributed by atoms with Crippen molar-refractivity contribution in [2.75, 3.05) is 6.61 Å². The predicted octanol–water partition coefficient (Wildman–Crippen LogP) is 3.84. The van der Waals surface area contributed by atoms with E-state index >= 15 is 0 Å². The monoisotopic (exact) mass is 220 g/mol. The van der Waals surface area contributed by atoms with Crippen molar-refractivity contribution in [3.63, 3.8) is 0 Å². The van der Waals surface area contributed by atoms with E-state index in [-0.39, 0.29) is 5.41 Å². The molecule has 2 aliphatic rings. The molecule has 0 amide bonds. The highest BCUT2D eigenvalue weighted by molar-refractivity contribution is 5.36. The normalized spacial score (nSPS) is 34.4. The van der Waals surface area contributed by atoms with Crippen LogP contribution >= 0.6 is 0 Å². The third-order valence-corrected chi connectivity index (χ3v) is 4.58. The molecule has 1 nitrogen and oxygen atoms in total. The first kappa shape index (κ1) is 11.9. The summed E-state index contributed by atoms with van der Waals surface area (Å²) in [5.41, 5.74) is 4.62. The maximum atomic E-state index is 9.76. The van der Waals surface area contributed by atoms with Crippen molar-refractivity contribution in [1.82, 2.24) is 0 Å². The quantitative estimate of drug-likeness (QED) is 0.712. The molecule has 0 bridgehead atoms. The molecule has 1 heteroatoms. The zero-order valence-electron chi connectivity index (χ0n) is 10.8. The van der Waals surface area contributed by atoms with Crippen LogP contribution in [-0.4, -0.2) is 11.7 Å². The Morgan fingerprint density at radius 1 is 1.44 bits per heavy atom. The average molecular weight is 220 g/mol. The molecule has 2 aliphatic carbocycles. The zero-order valence-corrected chi connectivity index (χ0v) is 10.8. The van der Waals surface area contributed by atoms with Crippen molar-refractivity contribution >= 4 is 0 Å². The fraction of sp³-hybridized carbons (Fsp3) is 0.733. The molecule has 0 saturated heterocycles. The van der Waals surface area contributed by atoms with E-state index in [2.05, 4.69) is 26.8 Å². The molecule has 0 aliphatic heterocycles.